The maximum Gasteiger partial charge on any atom is 0.220 e. The van der Waals surface area contributed by atoms with Crippen LogP contribution in [-0.4, -0.2) is 73.1 Å². The number of hydrogen-bond acceptors (Lipinski definition) is 5. The number of amides is 1. The Balaban J connectivity index is 3.63. The van der Waals surface area contributed by atoms with Gasteiger partial charge in [0.05, 0.1) is 25.9 Å². The second-order valence-electron chi connectivity index (χ2n) is 5.58. The smallest absolute Gasteiger partial charge is 0.220 e. The number of aliphatic hydroxyl groups excluding tert-OH is 2. The first-order valence-electron chi connectivity index (χ1n) is 8.46. The van der Waals surface area contributed by atoms with Crippen molar-refractivity contribution in [1.29, 1.82) is 0 Å². The molecule has 132 valence electrons. The minimum Gasteiger partial charge on any atom is -0.395 e. The predicted molar refractivity (Wildman–Crippen MR) is 87.8 cm³/mol. The molecule has 0 spiro atoms. The summed E-state index contributed by atoms with van der Waals surface area (Å²) >= 11 is 0. The Morgan fingerprint density at radius 3 is 2.41 bits per heavy atom. The van der Waals surface area contributed by atoms with Crippen LogP contribution in [0.1, 0.15) is 46.0 Å². The summed E-state index contributed by atoms with van der Waals surface area (Å²) < 4.78 is 5.64. The van der Waals surface area contributed by atoms with Gasteiger partial charge in [0.2, 0.25) is 5.91 Å². The zero-order valence-electron chi connectivity index (χ0n) is 14.2. The molecule has 1 atom stereocenters. The number of carbonyl (C=O) groups excluding carboxylic acids is 1. The highest BCUT2D eigenvalue weighted by Gasteiger charge is 2.08. The van der Waals surface area contributed by atoms with Gasteiger partial charge >= 0.3 is 0 Å². The summed E-state index contributed by atoms with van der Waals surface area (Å²) in [5.74, 6) is 0.0914. The maximum atomic E-state index is 11.6. The molecule has 0 aliphatic heterocycles. The van der Waals surface area contributed by atoms with Crippen molar-refractivity contribution in [1.82, 2.24) is 10.2 Å². The fourth-order valence-corrected chi connectivity index (χ4v) is 2.12. The summed E-state index contributed by atoms with van der Waals surface area (Å²) in [6, 6.07) is 0. The molecule has 22 heavy (non-hydrogen) atoms. The number of unbranched alkanes of at least 4 members (excludes halogenated alkanes) is 3. The molecule has 0 aromatic carbocycles. The Hall–Kier alpha value is -0.690. The molecule has 1 amide bonds. The molecule has 6 nitrogen and oxygen atoms in total. The van der Waals surface area contributed by atoms with Gasteiger partial charge in [0, 0.05) is 32.6 Å². The highest BCUT2D eigenvalue weighted by Crippen LogP contribution is 2.02. The lowest BCUT2D eigenvalue weighted by Gasteiger charge is -2.21. The molecule has 0 radical (unpaired) electrons. The Kier molecular flexibility index (Phi) is 14.7. The molecule has 0 heterocycles. The van der Waals surface area contributed by atoms with Gasteiger partial charge in [-0.2, -0.15) is 0 Å². The van der Waals surface area contributed by atoms with Gasteiger partial charge in [-0.25, -0.2) is 0 Å². The molecule has 6 heteroatoms. The molecule has 1 unspecified atom stereocenters. The monoisotopic (exact) mass is 318 g/mol. The lowest BCUT2D eigenvalue weighted by atomic mass is 10.1. The molecule has 0 saturated heterocycles. The fraction of sp³-hybridized carbons (Fsp3) is 0.938. The topological polar surface area (TPSA) is 82.0 Å². The van der Waals surface area contributed by atoms with Crippen LogP contribution in [0.2, 0.25) is 0 Å². The van der Waals surface area contributed by atoms with E-state index in [1.807, 2.05) is 11.8 Å². The summed E-state index contributed by atoms with van der Waals surface area (Å²) in [7, 11) is 0. The van der Waals surface area contributed by atoms with Crippen molar-refractivity contribution in [3.8, 4) is 0 Å². The number of carbonyl (C=O) groups is 1. The third kappa shape index (κ3) is 13.0. The van der Waals surface area contributed by atoms with Gasteiger partial charge in [-0.15, -0.1) is 0 Å². The number of hydrogen-bond donors (Lipinski definition) is 3. The Morgan fingerprint density at radius 1 is 1.14 bits per heavy atom. The number of aliphatic hydroxyl groups is 2. The standard InChI is InChI=1S/C16H34N2O4/c1-3-4-5-6-7-16(21)17-14-15(2)22-13-10-18(8-11-19)9-12-20/h15,19-20H,3-14H2,1-2H3,(H,17,21). The van der Waals surface area contributed by atoms with E-state index >= 15 is 0 Å². The zero-order chi connectivity index (χ0) is 16.6. The average molecular weight is 318 g/mol. The van der Waals surface area contributed by atoms with Crippen LogP contribution in [0.15, 0.2) is 0 Å². The third-order valence-electron chi connectivity index (χ3n) is 3.49. The normalized spacial score (nSPS) is 12.6. The van der Waals surface area contributed by atoms with Crippen molar-refractivity contribution >= 4 is 5.91 Å². The van der Waals surface area contributed by atoms with Gasteiger partial charge in [-0.1, -0.05) is 26.2 Å². The number of nitrogens with zero attached hydrogens (tertiary/aromatic N) is 1. The molecular formula is C16H34N2O4. The lowest BCUT2D eigenvalue weighted by Crippen LogP contribution is -2.36. The van der Waals surface area contributed by atoms with Gasteiger partial charge < -0.3 is 20.3 Å². The van der Waals surface area contributed by atoms with E-state index < -0.39 is 0 Å². The summed E-state index contributed by atoms with van der Waals surface area (Å²) in [5, 5.41) is 20.7. The van der Waals surface area contributed by atoms with Crippen LogP contribution in [0, 0.1) is 0 Å². The SMILES string of the molecule is CCCCCCC(=O)NCC(C)OCCN(CCO)CCO. The van der Waals surface area contributed by atoms with Gasteiger partial charge in [0.15, 0.2) is 0 Å². The van der Waals surface area contributed by atoms with Crippen molar-refractivity contribution in [3.05, 3.63) is 0 Å². The second kappa shape index (κ2) is 15.2. The number of ether oxygens (including phenoxy) is 1. The van der Waals surface area contributed by atoms with E-state index in [0.29, 0.717) is 39.2 Å². The molecule has 0 aromatic heterocycles. The molecule has 0 aliphatic carbocycles. The first-order valence-corrected chi connectivity index (χ1v) is 8.46. The number of rotatable bonds is 15. The summed E-state index contributed by atoms with van der Waals surface area (Å²) in [6.45, 7) is 7.00. The summed E-state index contributed by atoms with van der Waals surface area (Å²) in [6.07, 6.45) is 4.98. The summed E-state index contributed by atoms with van der Waals surface area (Å²) in [5.41, 5.74) is 0. The van der Waals surface area contributed by atoms with Crippen molar-refractivity contribution < 1.29 is 19.7 Å². The molecule has 0 rings (SSSR count). The van der Waals surface area contributed by atoms with Gasteiger partial charge in [-0.05, 0) is 13.3 Å². The minimum atomic E-state index is -0.0373. The van der Waals surface area contributed by atoms with Gasteiger partial charge in [0.25, 0.3) is 0 Å². The van der Waals surface area contributed by atoms with Crippen molar-refractivity contribution in [2.45, 2.75) is 52.1 Å². The Bertz CT molecular complexity index is 259. The van der Waals surface area contributed by atoms with Crippen LogP contribution >= 0.6 is 0 Å². The average Bonchev–Trinajstić information content (AvgIpc) is 2.50. The molecule has 0 aromatic rings. The molecule has 0 aliphatic rings. The van der Waals surface area contributed by atoms with E-state index in [1.165, 1.54) is 12.8 Å². The Morgan fingerprint density at radius 2 is 1.82 bits per heavy atom. The van der Waals surface area contributed by atoms with E-state index in [4.69, 9.17) is 14.9 Å². The van der Waals surface area contributed by atoms with Crippen LogP contribution in [0.3, 0.4) is 0 Å². The quantitative estimate of drug-likeness (QED) is 0.389. The van der Waals surface area contributed by atoms with Crippen LogP contribution in [0.25, 0.3) is 0 Å². The van der Waals surface area contributed by atoms with E-state index in [1.54, 1.807) is 0 Å². The van der Waals surface area contributed by atoms with E-state index in [0.717, 1.165) is 12.8 Å². The zero-order valence-corrected chi connectivity index (χ0v) is 14.2. The van der Waals surface area contributed by atoms with Crippen LogP contribution in [0.4, 0.5) is 0 Å². The minimum absolute atomic E-state index is 0.0373. The van der Waals surface area contributed by atoms with Crippen molar-refractivity contribution in [3.63, 3.8) is 0 Å². The molecule has 3 N–H and O–H groups in total. The van der Waals surface area contributed by atoms with E-state index in [9.17, 15) is 4.79 Å². The summed E-state index contributed by atoms with van der Waals surface area (Å²) in [4.78, 5) is 13.6. The molecule has 0 bridgehead atoms. The first-order chi connectivity index (χ1) is 10.6. The van der Waals surface area contributed by atoms with E-state index in [2.05, 4.69) is 12.2 Å². The molecule has 0 saturated carbocycles. The highest BCUT2D eigenvalue weighted by atomic mass is 16.5. The van der Waals surface area contributed by atoms with Crippen molar-refractivity contribution in [2.24, 2.45) is 0 Å². The first kappa shape index (κ1) is 21.3. The molecular weight excluding hydrogens is 284 g/mol. The van der Waals surface area contributed by atoms with E-state index in [-0.39, 0.29) is 25.2 Å². The maximum absolute atomic E-state index is 11.6. The lowest BCUT2D eigenvalue weighted by molar-refractivity contribution is -0.121. The van der Waals surface area contributed by atoms with Crippen LogP contribution in [-0.2, 0) is 9.53 Å². The Labute approximate surface area is 134 Å². The van der Waals surface area contributed by atoms with Crippen LogP contribution < -0.4 is 5.32 Å². The molecule has 0 fully saturated rings. The van der Waals surface area contributed by atoms with Crippen LogP contribution in [0.5, 0.6) is 0 Å². The third-order valence-corrected chi connectivity index (χ3v) is 3.49. The fourth-order valence-electron chi connectivity index (χ4n) is 2.12. The van der Waals surface area contributed by atoms with Crippen molar-refractivity contribution in [2.75, 3.05) is 46.0 Å². The van der Waals surface area contributed by atoms with Gasteiger partial charge in [0.1, 0.15) is 0 Å². The predicted octanol–water partition coefficient (Wildman–Crippen LogP) is 0.765. The highest BCUT2D eigenvalue weighted by molar-refractivity contribution is 5.75. The largest absolute Gasteiger partial charge is 0.395 e. The van der Waals surface area contributed by atoms with Gasteiger partial charge in [-0.3, -0.25) is 9.69 Å². The second-order valence-corrected chi connectivity index (χ2v) is 5.58. The number of nitrogens with one attached hydrogen (secondary N) is 1.